The van der Waals surface area contributed by atoms with Crippen molar-refractivity contribution in [3.05, 3.63) is 123 Å². The molecule has 0 atom stereocenters. The largest absolute Gasteiger partial charge is 0.497 e. The molecular formula is C33H26Cl2N2O6. The molecule has 4 amide bonds. The zero-order valence-electron chi connectivity index (χ0n) is 23.2. The Hall–Kier alpha value is -4.79. The van der Waals surface area contributed by atoms with E-state index in [0.717, 1.165) is 21.6 Å². The molecule has 10 heteroatoms. The van der Waals surface area contributed by atoms with Crippen LogP contribution in [0.25, 0.3) is 6.08 Å². The first kappa shape index (κ1) is 29.7. The number of ether oxygens (including phenoxy) is 3. The van der Waals surface area contributed by atoms with E-state index in [1.165, 1.54) is 13.2 Å². The number of carbonyl (C=O) groups is 3. The molecule has 4 aromatic rings. The van der Waals surface area contributed by atoms with E-state index in [2.05, 4.69) is 5.32 Å². The third kappa shape index (κ3) is 6.99. The lowest BCUT2D eigenvalue weighted by molar-refractivity contribution is -0.122. The van der Waals surface area contributed by atoms with E-state index < -0.39 is 17.8 Å². The molecule has 1 aliphatic heterocycles. The Morgan fingerprint density at radius 3 is 2.14 bits per heavy atom. The molecule has 218 valence electrons. The van der Waals surface area contributed by atoms with E-state index in [9.17, 15) is 14.4 Å². The number of barbiturate groups is 1. The number of urea groups is 1. The third-order valence-electron chi connectivity index (χ3n) is 6.62. The van der Waals surface area contributed by atoms with Gasteiger partial charge in [-0.3, -0.25) is 14.9 Å². The average molecular weight is 617 g/mol. The highest BCUT2D eigenvalue weighted by Gasteiger charge is 2.37. The molecule has 5 rings (SSSR count). The smallest absolute Gasteiger partial charge is 0.335 e. The van der Waals surface area contributed by atoms with Gasteiger partial charge in [0.15, 0.2) is 0 Å². The molecule has 0 radical (unpaired) electrons. The minimum atomic E-state index is -0.855. The molecule has 0 unspecified atom stereocenters. The number of benzene rings is 4. The molecule has 0 saturated carbocycles. The van der Waals surface area contributed by atoms with Gasteiger partial charge in [-0.25, -0.2) is 9.69 Å². The van der Waals surface area contributed by atoms with E-state index in [4.69, 9.17) is 37.4 Å². The van der Waals surface area contributed by atoms with E-state index in [1.807, 2.05) is 31.2 Å². The topological polar surface area (TPSA) is 94.2 Å². The van der Waals surface area contributed by atoms with Crippen LogP contribution in [-0.4, -0.2) is 25.0 Å². The average Bonchev–Trinajstić information content (AvgIpc) is 3.00. The second kappa shape index (κ2) is 13.0. The summed E-state index contributed by atoms with van der Waals surface area (Å²) >= 11 is 12.1. The molecule has 8 nitrogen and oxygen atoms in total. The quantitative estimate of drug-likeness (QED) is 0.159. The Morgan fingerprint density at radius 1 is 0.767 bits per heavy atom. The number of nitrogens with one attached hydrogen (secondary N) is 1. The fourth-order valence-corrected chi connectivity index (χ4v) is 4.59. The maximum Gasteiger partial charge on any atom is 0.335 e. The molecule has 1 heterocycles. The van der Waals surface area contributed by atoms with Gasteiger partial charge in [0.2, 0.25) is 0 Å². The summed E-state index contributed by atoms with van der Waals surface area (Å²) in [4.78, 5) is 40.0. The predicted molar refractivity (Wildman–Crippen MR) is 165 cm³/mol. The van der Waals surface area contributed by atoms with Gasteiger partial charge in [-0.2, -0.15) is 0 Å². The summed E-state index contributed by atoms with van der Waals surface area (Å²) < 4.78 is 17.2. The number of nitrogens with zero attached hydrogens (tertiary/aromatic N) is 1. The van der Waals surface area contributed by atoms with Crippen LogP contribution in [-0.2, 0) is 22.8 Å². The SMILES string of the molecule is COc1ccc(/C=C2\C(=O)NC(=O)N(c3ccc(OCc4ccc(C)cc4)cc3)C2=O)c(OCc2ccc(Cl)c(Cl)c2)c1. The van der Waals surface area contributed by atoms with Crippen molar-refractivity contribution in [2.45, 2.75) is 20.1 Å². The standard InChI is InChI=1S/C33H26Cl2N2O6/c1-20-3-5-21(6-4-20)18-42-25-12-9-24(10-13-25)37-32(39)27(31(38)36-33(37)40)16-23-8-11-26(41-2)17-30(23)43-19-22-7-14-28(34)29(35)15-22/h3-17H,18-19H2,1-2H3,(H,36,38,40)/b27-16+. The summed E-state index contributed by atoms with van der Waals surface area (Å²) in [6.45, 7) is 2.50. The molecular weight excluding hydrogens is 591 g/mol. The molecule has 1 N–H and O–H groups in total. The number of anilines is 1. The van der Waals surface area contributed by atoms with Crippen LogP contribution in [0.15, 0.2) is 90.5 Å². The van der Waals surface area contributed by atoms with Crippen LogP contribution in [0.3, 0.4) is 0 Å². The van der Waals surface area contributed by atoms with Crippen LogP contribution < -0.4 is 24.4 Å². The summed E-state index contributed by atoms with van der Waals surface area (Å²) in [6, 6.07) is 23.7. The van der Waals surface area contributed by atoms with Gasteiger partial charge in [0, 0.05) is 11.6 Å². The first-order chi connectivity index (χ1) is 20.7. The van der Waals surface area contributed by atoms with Crippen molar-refractivity contribution in [3.63, 3.8) is 0 Å². The highest BCUT2D eigenvalue weighted by Crippen LogP contribution is 2.31. The van der Waals surface area contributed by atoms with Crippen molar-refractivity contribution in [1.29, 1.82) is 0 Å². The van der Waals surface area contributed by atoms with Crippen molar-refractivity contribution in [2.24, 2.45) is 0 Å². The second-order valence-electron chi connectivity index (χ2n) is 9.67. The number of imide groups is 2. The normalized spacial score (nSPS) is 14.1. The number of hydrogen-bond acceptors (Lipinski definition) is 6. The molecule has 0 aromatic heterocycles. The van der Waals surface area contributed by atoms with Gasteiger partial charge in [-0.05, 0) is 72.7 Å². The van der Waals surface area contributed by atoms with Crippen LogP contribution >= 0.6 is 23.2 Å². The van der Waals surface area contributed by atoms with Crippen LogP contribution in [0.4, 0.5) is 10.5 Å². The molecule has 4 aromatic carbocycles. The van der Waals surface area contributed by atoms with Crippen molar-refractivity contribution in [2.75, 3.05) is 12.0 Å². The number of amides is 4. The van der Waals surface area contributed by atoms with Crippen molar-refractivity contribution < 1.29 is 28.6 Å². The lowest BCUT2D eigenvalue weighted by Crippen LogP contribution is -2.54. The van der Waals surface area contributed by atoms with E-state index in [0.29, 0.717) is 39.5 Å². The fraction of sp³-hybridized carbons (Fsp3) is 0.121. The zero-order valence-corrected chi connectivity index (χ0v) is 24.7. The number of hydrogen-bond donors (Lipinski definition) is 1. The minimum absolute atomic E-state index is 0.128. The van der Waals surface area contributed by atoms with Gasteiger partial charge in [0.1, 0.15) is 36.0 Å². The summed E-state index contributed by atoms with van der Waals surface area (Å²) in [5, 5.41) is 3.04. The monoisotopic (exact) mass is 616 g/mol. The maximum absolute atomic E-state index is 13.5. The van der Waals surface area contributed by atoms with Gasteiger partial charge in [-0.15, -0.1) is 0 Å². The Bertz CT molecular complexity index is 1720. The fourth-order valence-electron chi connectivity index (χ4n) is 4.27. The van der Waals surface area contributed by atoms with E-state index in [-0.39, 0.29) is 17.9 Å². The van der Waals surface area contributed by atoms with Crippen LogP contribution in [0, 0.1) is 6.92 Å². The summed E-state index contributed by atoms with van der Waals surface area (Å²) in [7, 11) is 1.51. The van der Waals surface area contributed by atoms with Gasteiger partial charge >= 0.3 is 6.03 Å². The third-order valence-corrected chi connectivity index (χ3v) is 7.36. The van der Waals surface area contributed by atoms with Crippen LogP contribution in [0.1, 0.15) is 22.3 Å². The summed E-state index contributed by atoms with van der Waals surface area (Å²) in [6.07, 6.45) is 1.37. The van der Waals surface area contributed by atoms with E-state index >= 15 is 0 Å². The first-order valence-electron chi connectivity index (χ1n) is 13.2. The highest BCUT2D eigenvalue weighted by molar-refractivity contribution is 6.42. The van der Waals surface area contributed by atoms with Crippen molar-refractivity contribution >= 4 is 52.8 Å². The number of carbonyl (C=O) groups excluding carboxylic acids is 3. The molecule has 0 aliphatic carbocycles. The molecule has 1 aliphatic rings. The van der Waals surface area contributed by atoms with Gasteiger partial charge < -0.3 is 14.2 Å². The Kier molecular flexibility index (Phi) is 8.99. The number of rotatable bonds is 9. The minimum Gasteiger partial charge on any atom is -0.497 e. The Labute approximate surface area is 258 Å². The first-order valence-corrected chi connectivity index (χ1v) is 13.9. The van der Waals surface area contributed by atoms with Crippen LogP contribution in [0.2, 0.25) is 10.0 Å². The number of halogens is 2. The summed E-state index contributed by atoms with van der Waals surface area (Å²) in [5.41, 5.74) is 3.37. The number of methoxy groups -OCH3 is 1. The molecule has 0 spiro atoms. The Balaban J connectivity index is 1.36. The Morgan fingerprint density at radius 2 is 1.44 bits per heavy atom. The van der Waals surface area contributed by atoms with Gasteiger partial charge in [0.25, 0.3) is 11.8 Å². The van der Waals surface area contributed by atoms with Crippen molar-refractivity contribution in [1.82, 2.24) is 5.32 Å². The molecule has 43 heavy (non-hydrogen) atoms. The lowest BCUT2D eigenvalue weighted by Gasteiger charge is -2.26. The highest BCUT2D eigenvalue weighted by atomic mass is 35.5. The number of aryl methyl sites for hydroxylation is 1. The zero-order chi connectivity index (χ0) is 30.5. The molecule has 1 saturated heterocycles. The summed E-state index contributed by atoms with van der Waals surface area (Å²) in [5.74, 6) is -0.198. The van der Waals surface area contributed by atoms with Crippen molar-refractivity contribution in [3.8, 4) is 17.2 Å². The van der Waals surface area contributed by atoms with Crippen LogP contribution in [0.5, 0.6) is 17.2 Å². The van der Waals surface area contributed by atoms with Gasteiger partial charge in [0.05, 0.1) is 22.8 Å². The lowest BCUT2D eigenvalue weighted by atomic mass is 10.1. The predicted octanol–water partition coefficient (Wildman–Crippen LogP) is 7.13. The van der Waals surface area contributed by atoms with Gasteiger partial charge in [-0.1, -0.05) is 59.1 Å². The van der Waals surface area contributed by atoms with E-state index in [1.54, 1.807) is 60.7 Å². The second-order valence-corrected chi connectivity index (χ2v) is 10.5. The molecule has 0 bridgehead atoms. The maximum atomic E-state index is 13.5. The molecule has 1 fully saturated rings.